The zero-order valence-electron chi connectivity index (χ0n) is 12.6. The van der Waals surface area contributed by atoms with E-state index in [4.69, 9.17) is 9.47 Å². The molecule has 1 unspecified atom stereocenters. The Morgan fingerprint density at radius 3 is 2.53 bits per heavy atom. The predicted octanol–water partition coefficient (Wildman–Crippen LogP) is 0.473. The minimum absolute atomic E-state index is 0.388. The summed E-state index contributed by atoms with van der Waals surface area (Å²) >= 11 is 0. The minimum Gasteiger partial charge on any atom is -0.389 e. The van der Waals surface area contributed by atoms with Gasteiger partial charge < -0.3 is 24.8 Å². The van der Waals surface area contributed by atoms with E-state index < -0.39 is 6.10 Å². The number of methoxy groups -OCH3 is 1. The zero-order valence-corrected chi connectivity index (χ0v) is 12.6. The number of likely N-dealkylation sites (N-methyl/N-ethyl adjacent to an activating group) is 1. The van der Waals surface area contributed by atoms with Crippen LogP contribution in [0.25, 0.3) is 0 Å². The number of ether oxygens (including phenoxy) is 2. The van der Waals surface area contributed by atoms with Gasteiger partial charge in [0.2, 0.25) is 0 Å². The quantitative estimate of drug-likeness (QED) is 0.599. The summed E-state index contributed by atoms with van der Waals surface area (Å²) in [5.41, 5.74) is 0. The van der Waals surface area contributed by atoms with Crippen LogP contribution in [0.4, 0.5) is 0 Å². The summed E-state index contributed by atoms with van der Waals surface area (Å²) in [5.74, 6) is 0. The highest BCUT2D eigenvalue weighted by Gasteiger charge is 2.24. The van der Waals surface area contributed by atoms with E-state index in [0.29, 0.717) is 38.4 Å². The Morgan fingerprint density at radius 2 is 1.95 bits per heavy atom. The van der Waals surface area contributed by atoms with Crippen LogP contribution < -0.4 is 5.32 Å². The first-order valence-corrected chi connectivity index (χ1v) is 7.29. The van der Waals surface area contributed by atoms with Gasteiger partial charge in [0.25, 0.3) is 0 Å². The van der Waals surface area contributed by atoms with Crippen LogP contribution in [0.15, 0.2) is 0 Å². The maximum absolute atomic E-state index is 9.93. The topological polar surface area (TPSA) is 54.0 Å². The van der Waals surface area contributed by atoms with Crippen molar-refractivity contribution < 1.29 is 14.6 Å². The number of rotatable bonds is 9. The molecule has 0 bridgehead atoms. The van der Waals surface area contributed by atoms with Crippen molar-refractivity contribution in [2.75, 3.05) is 47.6 Å². The van der Waals surface area contributed by atoms with Crippen LogP contribution in [0.2, 0.25) is 0 Å². The Morgan fingerprint density at radius 1 is 1.26 bits per heavy atom. The number of nitrogens with one attached hydrogen (secondary N) is 1. The van der Waals surface area contributed by atoms with Gasteiger partial charge in [0.1, 0.15) is 0 Å². The van der Waals surface area contributed by atoms with Crippen LogP contribution in [-0.4, -0.2) is 75.8 Å². The molecule has 5 nitrogen and oxygen atoms in total. The molecule has 19 heavy (non-hydrogen) atoms. The lowest BCUT2D eigenvalue weighted by atomic mass is 9.90. The maximum atomic E-state index is 9.93. The first-order valence-electron chi connectivity index (χ1n) is 7.29. The Hall–Kier alpha value is -0.200. The van der Waals surface area contributed by atoms with Gasteiger partial charge >= 0.3 is 0 Å². The molecule has 0 radical (unpaired) electrons. The molecule has 1 atom stereocenters. The largest absolute Gasteiger partial charge is 0.389 e. The second-order valence-electron chi connectivity index (χ2n) is 5.46. The number of hydrogen-bond acceptors (Lipinski definition) is 5. The molecular weight excluding hydrogens is 244 g/mol. The van der Waals surface area contributed by atoms with E-state index in [1.54, 1.807) is 7.11 Å². The van der Waals surface area contributed by atoms with Gasteiger partial charge in [-0.15, -0.1) is 0 Å². The fraction of sp³-hybridized carbons (Fsp3) is 1.00. The number of hydrogen-bond donors (Lipinski definition) is 2. The van der Waals surface area contributed by atoms with E-state index in [0.717, 1.165) is 0 Å². The Kier molecular flexibility index (Phi) is 8.57. The third-order valence-corrected chi connectivity index (χ3v) is 3.97. The van der Waals surface area contributed by atoms with Crippen molar-refractivity contribution >= 4 is 0 Å². The standard InChI is InChI=1S/C14H30N2O3/c1-15-12-4-6-13(7-5-12)16(2)10-14(17)11-19-9-8-18-3/h12-15,17H,4-11H2,1-3H3. The van der Waals surface area contributed by atoms with E-state index in [-0.39, 0.29) is 0 Å². The van der Waals surface area contributed by atoms with Crippen LogP contribution in [0, 0.1) is 0 Å². The first-order chi connectivity index (χ1) is 9.17. The van der Waals surface area contributed by atoms with Gasteiger partial charge in [-0.3, -0.25) is 0 Å². The van der Waals surface area contributed by atoms with Crippen LogP contribution in [-0.2, 0) is 9.47 Å². The van der Waals surface area contributed by atoms with Crippen molar-refractivity contribution in [2.24, 2.45) is 0 Å². The molecule has 0 aromatic heterocycles. The summed E-state index contributed by atoms with van der Waals surface area (Å²) in [6.07, 6.45) is 4.46. The molecule has 0 aromatic carbocycles. The average molecular weight is 274 g/mol. The average Bonchev–Trinajstić information content (AvgIpc) is 2.43. The summed E-state index contributed by atoms with van der Waals surface area (Å²) in [6, 6.07) is 1.27. The fourth-order valence-electron chi connectivity index (χ4n) is 2.70. The van der Waals surface area contributed by atoms with Gasteiger partial charge in [-0.2, -0.15) is 0 Å². The van der Waals surface area contributed by atoms with Crippen LogP contribution in [0.1, 0.15) is 25.7 Å². The van der Waals surface area contributed by atoms with E-state index in [2.05, 4.69) is 17.3 Å². The van der Waals surface area contributed by atoms with Crippen molar-refractivity contribution in [3.63, 3.8) is 0 Å². The maximum Gasteiger partial charge on any atom is 0.0900 e. The predicted molar refractivity (Wildman–Crippen MR) is 76.4 cm³/mol. The lowest BCUT2D eigenvalue weighted by molar-refractivity contribution is -0.00478. The first kappa shape index (κ1) is 16.9. The molecule has 1 aliphatic carbocycles. The Labute approximate surface area is 117 Å². The monoisotopic (exact) mass is 274 g/mol. The van der Waals surface area contributed by atoms with Gasteiger partial charge in [0.05, 0.1) is 25.9 Å². The third-order valence-electron chi connectivity index (χ3n) is 3.97. The second kappa shape index (κ2) is 9.66. The van der Waals surface area contributed by atoms with Gasteiger partial charge in [-0.1, -0.05) is 0 Å². The SMILES string of the molecule is CNC1CCC(N(C)CC(O)COCCOC)CC1. The number of aliphatic hydroxyl groups is 1. The molecular formula is C14H30N2O3. The summed E-state index contributed by atoms with van der Waals surface area (Å²) in [7, 11) is 5.79. The molecule has 114 valence electrons. The molecule has 0 aromatic rings. The summed E-state index contributed by atoms with van der Waals surface area (Å²) < 4.78 is 10.2. The van der Waals surface area contributed by atoms with Crippen LogP contribution in [0.5, 0.6) is 0 Å². The molecule has 0 aliphatic heterocycles. The van der Waals surface area contributed by atoms with Gasteiger partial charge in [-0.05, 0) is 39.8 Å². The number of aliphatic hydroxyl groups excluding tert-OH is 1. The van der Waals surface area contributed by atoms with E-state index >= 15 is 0 Å². The van der Waals surface area contributed by atoms with Gasteiger partial charge in [0, 0.05) is 25.7 Å². The molecule has 5 heteroatoms. The van der Waals surface area contributed by atoms with Crippen molar-refractivity contribution in [1.82, 2.24) is 10.2 Å². The van der Waals surface area contributed by atoms with E-state index in [9.17, 15) is 5.11 Å². The molecule has 1 fully saturated rings. The van der Waals surface area contributed by atoms with Gasteiger partial charge in [0.15, 0.2) is 0 Å². The molecule has 0 spiro atoms. The van der Waals surface area contributed by atoms with E-state index in [1.807, 2.05) is 7.05 Å². The van der Waals surface area contributed by atoms with Crippen molar-refractivity contribution in [3.05, 3.63) is 0 Å². The molecule has 0 saturated heterocycles. The Balaban J connectivity index is 2.14. The lowest BCUT2D eigenvalue weighted by Gasteiger charge is -2.35. The molecule has 1 rings (SSSR count). The third kappa shape index (κ3) is 6.68. The van der Waals surface area contributed by atoms with Crippen molar-refractivity contribution in [2.45, 2.75) is 43.9 Å². The highest BCUT2D eigenvalue weighted by molar-refractivity contribution is 4.81. The molecule has 0 amide bonds. The summed E-state index contributed by atoms with van der Waals surface area (Å²) in [5, 5.41) is 13.3. The molecule has 1 saturated carbocycles. The van der Waals surface area contributed by atoms with Crippen molar-refractivity contribution in [3.8, 4) is 0 Å². The highest BCUT2D eigenvalue weighted by atomic mass is 16.5. The lowest BCUT2D eigenvalue weighted by Crippen LogP contribution is -2.43. The van der Waals surface area contributed by atoms with Crippen LogP contribution >= 0.6 is 0 Å². The smallest absolute Gasteiger partial charge is 0.0900 e. The molecule has 2 N–H and O–H groups in total. The zero-order chi connectivity index (χ0) is 14.1. The molecule has 1 aliphatic rings. The molecule has 0 heterocycles. The Bertz CT molecular complexity index is 221. The fourth-order valence-corrected chi connectivity index (χ4v) is 2.70. The summed E-state index contributed by atoms with van der Waals surface area (Å²) in [4.78, 5) is 2.27. The normalized spacial score (nSPS) is 25.7. The van der Waals surface area contributed by atoms with Crippen molar-refractivity contribution in [1.29, 1.82) is 0 Å². The summed E-state index contributed by atoms with van der Waals surface area (Å²) in [6.45, 7) is 2.20. The van der Waals surface area contributed by atoms with E-state index in [1.165, 1.54) is 25.7 Å². The number of nitrogens with zero attached hydrogens (tertiary/aromatic N) is 1. The second-order valence-corrected chi connectivity index (χ2v) is 5.46. The van der Waals surface area contributed by atoms with Crippen LogP contribution in [0.3, 0.4) is 0 Å². The van der Waals surface area contributed by atoms with Gasteiger partial charge in [-0.25, -0.2) is 0 Å². The minimum atomic E-state index is -0.413. The highest BCUT2D eigenvalue weighted by Crippen LogP contribution is 2.22.